The van der Waals surface area contributed by atoms with E-state index in [9.17, 15) is 18.0 Å². The second-order valence-electron chi connectivity index (χ2n) is 4.57. The van der Waals surface area contributed by atoms with Crippen LogP contribution < -0.4 is 10.5 Å². The van der Waals surface area contributed by atoms with E-state index in [1.807, 2.05) is 0 Å². The van der Waals surface area contributed by atoms with Crippen LogP contribution in [-0.2, 0) is 12.8 Å². The molecule has 1 aliphatic carbocycles. The highest BCUT2D eigenvalue weighted by Gasteiger charge is 2.32. The predicted molar refractivity (Wildman–Crippen MR) is 64.5 cm³/mol. The minimum atomic E-state index is -4.77. The van der Waals surface area contributed by atoms with Crippen molar-refractivity contribution in [2.24, 2.45) is 5.73 Å². The number of carbonyl (C=O) groups excluding carboxylic acids is 1. The number of fused-ring (bicyclic) bond motifs is 3. The maximum atomic E-state index is 12.3. The normalized spacial score (nSPS) is 13.5. The Morgan fingerprint density at radius 1 is 1.33 bits per heavy atom. The van der Waals surface area contributed by atoms with Crippen LogP contribution in [0.25, 0.3) is 11.3 Å². The van der Waals surface area contributed by atoms with E-state index >= 15 is 0 Å². The summed E-state index contributed by atoms with van der Waals surface area (Å²) in [7, 11) is 0. The molecule has 2 aromatic rings. The number of nitrogens with zero attached hydrogens (tertiary/aromatic N) is 1. The zero-order valence-electron chi connectivity index (χ0n) is 10.5. The van der Waals surface area contributed by atoms with E-state index in [-0.39, 0.29) is 17.2 Å². The van der Waals surface area contributed by atoms with Gasteiger partial charge in [0.15, 0.2) is 11.5 Å². The number of aryl methyl sites for hydroxylation is 1. The predicted octanol–water partition coefficient (Wildman–Crippen LogP) is 2.44. The van der Waals surface area contributed by atoms with Crippen molar-refractivity contribution in [1.82, 2.24) is 5.16 Å². The monoisotopic (exact) mass is 298 g/mol. The Balaban J connectivity index is 2.06. The Hall–Kier alpha value is -2.51. The number of primary amides is 1. The molecule has 0 radical (unpaired) electrons. The van der Waals surface area contributed by atoms with E-state index in [0.29, 0.717) is 24.0 Å². The van der Waals surface area contributed by atoms with E-state index in [1.54, 1.807) is 0 Å². The van der Waals surface area contributed by atoms with Gasteiger partial charge in [0.05, 0.1) is 0 Å². The number of rotatable bonds is 2. The van der Waals surface area contributed by atoms with Crippen LogP contribution in [0, 0.1) is 0 Å². The van der Waals surface area contributed by atoms with Crippen molar-refractivity contribution < 1.29 is 27.2 Å². The first-order valence-corrected chi connectivity index (χ1v) is 6.02. The summed E-state index contributed by atoms with van der Waals surface area (Å²) in [4.78, 5) is 11.2. The minimum absolute atomic E-state index is 0.0118. The fourth-order valence-electron chi connectivity index (χ4n) is 2.39. The molecular weight excluding hydrogens is 289 g/mol. The molecule has 8 heteroatoms. The van der Waals surface area contributed by atoms with Crippen molar-refractivity contribution in [3.05, 3.63) is 35.0 Å². The molecule has 1 aromatic carbocycles. The van der Waals surface area contributed by atoms with Crippen LogP contribution in [0.2, 0.25) is 0 Å². The zero-order valence-corrected chi connectivity index (χ0v) is 10.5. The molecule has 5 nitrogen and oxygen atoms in total. The van der Waals surface area contributed by atoms with Crippen molar-refractivity contribution in [1.29, 1.82) is 0 Å². The highest BCUT2D eigenvalue weighted by Crippen LogP contribution is 2.38. The summed E-state index contributed by atoms with van der Waals surface area (Å²) in [5.74, 6) is -0.824. The van der Waals surface area contributed by atoms with Gasteiger partial charge in [-0.05, 0) is 30.5 Å². The van der Waals surface area contributed by atoms with E-state index < -0.39 is 12.3 Å². The number of amides is 1. The highest BCUT2D eigenvalue weighted by molar-refractivity contribution is 5.94. The van der Waals surface area contributed by atoms with Crippen LogP contribution in [0.3, 0.4) is 0 Å². The Morgan fingerprint density at radius 2 is 2.10 bits per heavy atom. The molecule has 0 saturated heterocycles. The van der Waals surface area contributed by atoms with Crippen LogP contribution in [-0.4, -0.2) is 17.4 Å². The van der Waals surface area contributed by atoms with Gasteiger partial charge in [0.1, 0.15) is 5.75 Å². The van der Waals surface area contributed by atoms with Gasteiger partial charge >= 0.3 is 6.36 Å². The number of carbonyl (C=O) groups is 1. The van der Waals surface area contributed by atoms with Gasteiger partial charge in [-0.3, -0.25) is 4.79 Å². The van der Waals surface area contributed by atoms with Crippen molar-refractivity contribution >= 4 is 5.91 Å². The van der Waals surface area contributed by atoms with Crippen LogP contribution in [0.5, 0.6) is 5.75 Å². The number of alkyl halides is 3. The van der Waals surface area contributed by atoms with Gasteiger partial charge in [0.2, 0.25) is 0 Å². The molecule has 3 rings (SSSR count). The Kier molecular flexibility index (Phi) is 2.89. The summed E-state index contributed by atoms with van der Waals surface area (Å²) in [5, 5.41) is 3.59. The summed E-state index contributed by atoms with van der Waals surface area (Å²) >= 11 is 0. The van der Waals surface area contributed by atoms with E-state index in [2.05, 4.69) is 9.89 Å². The summed E-state index contributed by atoms with van der Waals surface area (Å²) in [6.07, 6.45) is -3.73. The molecule has 2 N–H and O–H groups in total. The SMILES string of the molecule is NC(=O)c1noc2c1CCc1ccc(OC(F)(F)F)cc1-2. The lowest BCUT2D eigenvalue weighted by molar-refractivity contribution is -0.274. The van der Waals surface area contributed by atoms with Crippen LogP contribution >= 0.6 is 0 Å². The lowest BCUT2D eigenvalue weighted by Crippen LogP contribution is -2.17. The third-order valence-corrected chi connectivity index (χ3v) is 3.23. The third-order valence-electron chi connectivity index (χ3n) is 3.23. The second-order valence-corrected chi connectivity index (χ2v) is 4.57. The van der Waals surface area contributed by atoms with Gasteiger partial charge < -0.3 is 15.0 Å². The molecule has 110 valence electrons. The van der Waals surface area contributed by atoms with Gasteiger partial charge in [0, 0.05) is 11.1 Å². The molecule has 0 atom stereocenters. The molecule has 1 amide bonds. The van der Waals surface area contributed by atoms with Crippen LogP contribution in [0.15, 0.2) is 22.7 Å². The average Bonchev–Trinajstić information content (AvgIpc) is 2.81. The number of nitrogens with two attached hydrogens (primary N) is 1. The van der Waals surface area contributed by atoms with E-state index in [1.165, 1.54) is 18.2 Å². The molecule has 0 bridgehead atoms. The number of benzene rings is 1. The highest BCUT2D eigenvalue weighted by atomic mass is 19.4. The zero-order chi connectivity index (χ0) is 15.2. The summed E-state index contributed by atoms with van der Waals surface area (Å²) in [6, 6.07) is 3.99. The fourth-order valence-corrected chi connectivity index (χ4v) is 2.39. The first-order valence-electron chi connectivity index (χ1n) is 6.02. The molecule has 21 heavy (non-hydrogen) atoms. The second kappa shape index (κ2) is 4.51. The van der Waals surface area contributed by atoms with Crippen LogP contribution in [0.4, 0.5) is 13.2 Å². The maximum Gasteiger partial charge on any atom is 0.573 e. The lowest BCUT2D eigenvalue weighted by Gasteiger charge is -2.16. The number of hydrogen-bond acceptors (Lipinski definition) is 4. The van der Waals surface area contributed by atoms with E-state index in [4.69, 9.17) is 10.3 Å². The van der Waals surface area contributed by atoms with Gasteiger partial charge in [-0.2, -0.15) is 0 Å². The fraction of sp³-hybridized carbons (Fsp3) is 0.231. The molecule has 1 heterocycles. The van der Waals surface area contributed by atoms with Crippen molar-refractivity contribution in [3.8, 4) is 17.1 Å². The summed E-state index contributed by atoms with van der Waals surface area (Å²) in [5.41, 5.74) is 6.93. The number of halogens is 3. The minimum Gasteiger partial charge on any atom is -0.406 e. The summed E-state index contributed by atoms with van der Waals surface area (Å²) < 4.78 is 45.7. The lowest BCUT2D eigenvalue weighted by atomic mass is 9.89. The molecule has 0 saturated carbocycles. The first-order chi connectivity index (χ1) is 9.85. The molecule has 0 aliphatic heterocycles. The van der Waals surface area contributed by atoms with Crippen molar-refractivity contribution in [3.63, 3.8) is 0 Å². The maximum absolute atomic E-state index is 12.3. The van der Waals surface area contributed by atoms with E-state index in [0.717, 1.165) is 5.56 Å². The van der Waals surface area contributed by atoms with Gasteiger partial charge in [-0.1, -0.05) is 11.2 Å². The Labute approximate surface area is 116 Å². The molecule has 0 unspecified atom stereocenters. The third kappa shape index (κ3) is 2.44. The van der Waals surface area contributed by atoms with Gasteiger partial charge in [0.25, 0.3) is 5.91 Å². The molecular formula is C13H9F3N2O3. The van der Waals surface area contributed by atoms with Gasteiger partial charge in [-0.25, -0.2) is 0 Å². The number of aromatic nitrogens is 1. The quantitative estimate of drug-likeness (QED) is 0.923. The topological polar surface area (TPSA) is 78.4 Å². The smallest absolute Gasteiger partial charge is 0.406 e. The summed E-state index contributed by atoms with van der Waals surface area (Å²) in [6.45, 7) is 0. The largest absolute Gasteiger partial charge is 0.573 e. The van der Waals surface area contributed by atoms with Crippen molar-refractivity contribution in [2.45, 2.75) is 19.2 Å². The van der Waals surface area contributed by atoms with Crippen molar-refractivity contribution in [2.75, 3.05) is 0 Å². The number of hydrogen-bond donors (Lipinski definition) is 1. The Bertz CT molecular complexity index is 722. The molecule has 0 spiro atoms. The molecule has 1 aromatic heterocycles. The first kappa shape index (κ1) is 13.5. The average molecular weight is 298 g/mol. The standard InChI is InChI=1S/C13H9F3N2O3/c14-13(15,16)20-7-3-1-6-2-4-8-10(12(17)19)18-21-11(8)9(6)5-7/h1,3,5H,2,4H2,(H2,17,19). The Morgan fingerprint density at radius 3 is 2.76 bits per heavy atom. The molecule has 1 aliphatic rings. The van der Waals surface area contributed by atoms with Crippen LogP contribution in [0.1, 0.15) is 21.6 Å². The number of ether oxygens (including phenoxy) is 1. The van der Waals surface area contributed by atoms with Gasteiger partial charge in [-0.15, -0.1) is 13.2 Å². The molecule has 0 fully saturated rings.